The predicted octanol–water partition coefficient (Wildman–Crippen LogP) is 0.614. The van der Waals surface area contributed by atoms with Crippen LogP contribution in [0.3, 0.4) is 0 Å². The Morgan fingerprint density at radius 1 is 1.44 bits per heavy atom. The fourth-order valence-electron chi connectivity index (χ4n) is 1.98. The van der Waals surface area contributed by atoms with Crippen LogP contribution in [0.25, 0.3) is 0 Å². The molecular formula is C13H17NO4. The Balaban J connectivity index is 2.13. The van der Waals surface area contributed by atoms with Gasteiger partial charge in [-0.15, -0.1) is 0 Å². The Morgan fingerprint density at radius 3 is 2.72 bits per heavy atom. The summed E-state index contributed by atoms with van der Waals surface area (Å²) in [6, 6.07) is 6.14. The molecule has 2 unspecified atom stereocenters. The van der Waals surface area contributed by atoms with Crippen molar-refractivity contribution < 1.29 is 19.7 Å². The van der Waals surface area contributed by atoms with E-state index in [1.165, 1.54) is 12.1 Å². The van der Waals surface area contributed by atoms with Crippen molar-refractivity contribution in [1.82, 2.24) is 4.90 Å². The summed E-state index contributed by atoms with van der Waals surface area (Å²) in [4.78, 5) is 14.0. The first kappa shape index (κ1) is 12.9. The topological polar surface area (TPSA) is 70.0 Å². The molecule has 0 aliphatic carbocycles. The van der Waals surface area contributed by atoms with Crippen LogP contribution in [0.2, 0.25) is 0 Å². The molecule has 2 rings (SSSR count). The van der Waals surface area contributed by atoms with E-state index in [9.17, 15) is 9.90 Å². The number of aliphatic hydroxyl groups is 1. The van der Waals surface area contributed by atoms with Crippen LogP contribution in [0.5, 0.6) is 5.75 Å². The highest BCUT2D eigenvalue weighted by atomic mass is 16.5. The van der Waals surface area contributed by atoms with Gasteiger partial charge in [0.1, 0.15) is 5.75 Å². The van der Waals surface area contributed by atoms with Crippen molar-refractivity contribution in [3.05, 3.63) is 29.8 Å². The highest BCUT2D eigenvalue weighted by Gasteiger charge is 2.29. The van der Waals surface area contributed by atoms with Gasteiger partial charge in [0.15, 0.2) is 0 Å². The monoisotopic (exact) mass is 251 g/mol. The van der Waals surface area contributed by atoms with Gasteiger partial charge in [-0.25, -0.2) is 0 Å². The maximum absolute atomic E-state index is 12.3. The normalized spacial score (nSPS) is 24.0. The number of aliphatic hydroxyl groups excluding tert-OH is 1. The van der Waals surface area contributed by atoms with Gasteiger partial charge in [-0.1, -0.05) is 0 Å². The summed E-state index contributed by atoms with van der Waals surface area (Å²) in [6.45, 7) is 2.63. The number of hydrogen-bond acceptors (Lipinski definition) is 4. The van der Waals surface area contributed by atoms with Crippen molar-refractivity contribution in [3.8, 4) is 5.75 Å². The molecular weight excluding hydrogens is 234 g/mol. The lowest BCUT2D eigenvalue weighted by Gasteiger charge is -2.37. The van der Waals surface area contributed by atoms with Gasteiger partial charge in [-0.05, 0) is 31.2 Å². The van der Waals surface area contributed by atoms with E-state index in [-0.39, 0.29) is 30.4 Å². The molecule has 1 aliphatic heterocycles. The zero-order chi connectivity index (χ0) is 13.1. The fourth-order valence-corrected chi connectivity index (χ4v) is 1.98. The second-order valence-electron chi connectivity index (χ2n) is 4.49. The largest absolute Gasteiger partial charge is 0.508 e. The van der Waals surface area contributed by atoms with Crippen LogP contribution in [0.4, 0.5) is 0 Å². The third kappa shape index (κ3) is 2.63. The lowest BCUT2D eigenvalue weighted by atomic mass is 10.1. The van der Waals surface area contributed by atoms with Crippen LogP contribution in [0.1, 0.15) is 17.3 Å². The molecule has 0 bridgehead atoms. The van der Waals surface area contributed by atoms with Gasteiger partial charge in [0, 0.05) is 12.1 Å². The minimum Gasteiger partial charge on any atom is -0.508 e. The maximum Gasteiger partial charge on any atom is 0.254 e. The number of amides is 1. The number of benzene rings is 1. The molecule has 0 aromatic heterocycles. The van der Waals surface area contributed by atoms with Gasteiger partial charge in [0.05, 0.1) is 25.4 Å². The molecule has 5 nitrogen and oxygen atoms in total. The van der Waals surface area contributed by atoms with Crippen LogP contribution in [0, 0.1) is 0 Å². The second kappa shape index (κ2) is 5.37. The molecule has 1 aromatic carbocycles. The van der Waals surface area contributed by atoms with Crippen molar-refractivity contribution in [2.24, 2.45) is 0 Å². The average molecular weight is 251 g/mol. The van der Waals surface area contributed by atoms with Crippen molar-refractivity contribution in [2.75, 3.05) is 19.8 Å². The van der Waals surface area contributed by atoms with Crippen LogP contribution >= 0.6 is 0 Å². The molecule has 1 aromatic rings. The molecule has 1 aliphatic rings. The number of carbonyl (C=O) groups excluding carboxylic acids is 1. The van der Waals surface area contributed by atoms with E-state index in [1.807, 2.05) is 6.92 Å². The molecule has 2 atom stereocenters. The predicted molar refractivity (Wildman–Crippen MR) is 65.4 cm³/mol. The minimum absolute atomic E-state index is 0.0193. The molecule has 0 spiro atoms. The second-order valence-corrected chi connectivity index (χ2v) is 4.49. The van der Waals surface area contributed by atoms with Crippen LogP contribution in [-0.4, -0.2) is 52.9 Å². The van der Waals surface area contributed by atoms with Crippen LogP contribution in [0.15, 0.2) is 24.3 Å². The summed E-state index contributed by atoms with van der Waals surface area (Å²) in [7, 11) is 0. The van der Waals surface area contributed by atoms with Crippen LogP contribution < -0.4 is 0 Å². The van der Waals surface area contributed by atoms with Crippen molar-refractivity contribution in [2.45, 2.75) is 19.1 Å². The molecule has 18 heavy (non-hydrogen) atoms. The first-order valence-electron chi connectivity index (χ1n) is 5.94. The highest BCUT2D eigenvalue weighted by molar-refractivity contribution is 5.94. The first-order chi connectivity index (χ1) is 8.61. The fraction of sp³-hybridized carbons (Fsp3) is 0.462. The van der Waals surface area contributed by atoms with Gasteiger partial charge in [0.25, 0.3) is 5.91 Å². The summed E-state index contributed by atoms with van der Waals surface area (Å²) >= 11 is 0. The van der Waals surface area contributed by atoms with E-state index in [4.69, 9.17) is 9.84 Å². The Kier molecular flexibility index (Phi) is 3.84. The highest BCUT2D eigenvalue weighted by Crippen LogP contribution is 2.17. The number of aromatic hydroxyl groups is 1. The number of phenols is 1. The van der Waals surface area contributed by atoms with E-state index < -0.39 is 0 Å². The smallest absolute Gasteiger partial charge is 0.254 e. The minimum atomic E-state index is -0.317. The van der Waals surface area contributed by atoms with E-state index in [1.54, 1.807) is 17.0 Å². The zero-order valence-corrected chi connectivity index (χ0v) is 10.2. The summed E-state index contributed by atoms with van der Waals surface area (Å²) < 4.78 is 5.39. The van der Waals surface area contributed by atoms with E-state index >= 15 is 0 Å². The van der Waals surface area contributed by atoms with Gasteiger partial charge in [-0.2, -0.15) is 0 Å². The molecule has 98 valence electrons. The molecule has 1 saturated heterocycles. The molecule has 1 fully saturated rings. The zero-order valence-electron chi connectivity index (χ0n) is 10.2. The maximum atomic E-state index is 12.3. The molecule has 1 amide bonds. The number of ether oxygens (including phenoxy) is 1. The Labute approximate surface area is 106 Å². The van der Waals surface area contributed by atoms with Crippen LogP contribution in [-0.2, 0) is 4.74 Å². The van der Waals surface area contributed by atoms with Gasteiger partial charge >= 0.3 is 0 Å². The van der Waals surface area contributed by atoms with Gasteiger partial charge < -0.3 is 19.8 Å². The third-order valence-electron chi connectivity index (χ3n) is 3.08. The third-order valence-corrected chi connectivity index (χ3v) is 3.08. The number of nitrogens with zero attached hydrogens (tertiary/aromatic N) is 1. The van der Waals surface area contributed by atoms with Gasteiger partial charge in [0.2, 0.25) is 0 Å². The van der Waals surface area contributed by atoms with E-state index in [0.717, 1.165) is 0 Å². The quantitative estimate of drug-likeness (QED) is 0.808. The lowest BCUT2D eigenvalue weighted by Crippen LogP contribution is -2.52. The number of phenolic OH excluding ortho intramolecular Hbond substituents is 1. The molecule has 1 heterocycles. The summed E-state index contributed by atoms with van der Waals surface area (Å²) in [6.07, 6.45) is -0.317. The Morgan fingerprint density at radius 2 is 2.11 bits per heavy atom. The number of hydrogen-bond donors (Lipinski definition) is 2. The number of morpholine rings is 1. The van der Waals surface area contributed by atoms with Gasteiger partial charge in [-0.3, -0.25) is 4.79 Å². The molecule has 0 radical (unpaired) electrons. The van der Waals surface area contributed by atoms with Crippen molar-refractivity contribution in [1.29, 1.82) is 0 Å². The summed E-state index contributed by atoms with van der Waals surface area (Å²) in [5.74, 6) is 0.0269. The first-order valence-corrected chi connectivity index (χ1v) is 5.94. The molecule has 0 saturated carbocycles. The lowest BCUT2D eigenvalue weighted by molar-refractivity contribution is -0.0667. The summed E-state index contributed by atoms with van der Waals surface area (Å²) in [5, 5.41) is 18.3. The average Bonchev–Trinajstić information content (AvgIpc) is 2.39. The van der Waals surface area contributed by atoms with Crippen molar-refractivity contribution >= 4 is 5.91 Å². The van der Waals surface area contributed by atoms with Crippen molar-refractivity contribution in [3.63, 3.8) is 0 Å². The summed E-state index contributed by atoms with van der Waals surface area (Å²) in [5.41, 5.74) is 0.526. The Bertz CT molecular complexity index is 418. The standard InChI is InChI=1S/C13H17NO4/c1-9-8-18-12(7-15)6-14(9)13(17)10-2-4-11(16)5-3-10/h2-5,9,12,15-16H,6-8H2,1H3. The number of rotatable bonds is 2. The Hall–Kier alpha value is -1.59. The van der Waals surface area contributed by atoms with E-state index in [0.29, 0.717) is 18.7 Å². The molecule has 2 N–H and O–H groups in total. The number of carbonyl (C=O) groups is 1. The SMILES string of the molecule is CC1COC(CO)CN1C(=O)c1ccc(O)cc1. The van der Waals surface area contributed by atoms with E-state index in [2.05, 4.69) is 0 Å². The molecule has 5 heteroatoms.